The fraction of sp³-hybridized carbons (Fsp3) is 0.733. The molecule has 0 saturated carbocycles. The zero-order valence-corrected chi connectivity index (χ0v) is 12.4. The highest BCUT2D eigenvalue weighted by molar-refractivity contribution is 5.76. The third kappa shape index (κ3) is 4.04. The summed E-state index contributed by atoms with van der Waals surface area (Å²) >= 11 is 0. The van der Waals surface area contributed by atoms with Gasteiger partial charge in [0.05, 0.1) is 25.5 Å². The van der Waals surface area contributed by atoms with E-state index < -0.39 is 0 Å². The number of aromatic nitrogens is 2. The normalized spacial score (nSPS) is 24.2. The number of nitrogens with one attached hydrogen (secondary N) is 1. The molecule has 1 atom stereocenters. The standard InChI is InChI=1S/C15H24N4O2/c20-15(9-14-10-16-4-8-21-14)19-5-1-13(2-6-19)11-18-7-3-17-12-18/h3,7,12-14,16H,1-2,4-6,8-11H2/t14-/m0/s1. The zero-order valence-electron chi connectivity index (χ0n) is 12.4. The number of piperidine rings is 1. The van der Waals surface area contributed by atoms with Gasteiger partial charge >= 0.3 is 0 Å². The number of imidazole rings is 1. The molecule has 2 aliphatic heterocycles. The van der Waals surface area contributed by atoms with Crippen molar-refractivity contribution in [2.45, 2.75) is 31.9 Å². The van der Waals surface area contributed by atoms with Gasteiger partial charge in [0, 0.05) is 45.1 Å². The van der Waals surface area contributed by atoms with Crippen LogP contribution in [0.2, 0.25) is 0 Å². The first-order valence-corrected chi connectivity index (χ1v) is 7.87. The van der Waals surface area contributed by atoms with Crippen molar-refractivity contribution in [3.05, 3.63) is 18.7 Å². The summed E-state index contributed by atoms with van der Waals surface area (Å²) in [6, 6.07) is 0. The van der Waals surface area contributed by atoms with Gasteiger partial charge in [-0.25, -0.2) is 4.98 Å². The monoisotopic (exact) mass is 292 g/mol. The van der Waals surface area contributed by atoms with E-state index in [0.717, 1.165) is 45.6 Å². The van der Waals surface area contributed by atoms with E-state index in [1.165, 1.54) is 0 Å². The minimum absolute atomic E-state index is 0.0509. The Morgan fingerprint density at radius 2 is 2.24 bits per heavy atom. The molecule has 2 fully saturated rings. The lowest BCUT2D eigenvalue weighted by Crippen LogP contribution is -2.44. The minimum Gasteiger partial charge on any atom is -0.375 e. The van der Waals surface area contributed by atoms with Gasteiger partial charge in [-0.15, -0.1) is 0 Å². The SMILES string of the molecule is O=C(C[C@H]1CNCCO1)N1CCC(Cn2ccnc2)CC1. The number of ether oxygens (including phenoxy) is 1. The Morgan fingerprint density at radius 3 is 2.90 bits per heavy atom. The van der Waals surface area contributed by atoms with Crippen LogP contribution in [0.1, 0.15) is 19.3 Å². The number of amides is 1. The predicted molar refractivity (Wildman–Crippen MR) is 78.8 cm³/mol. The highest BCUT2D eigenvalue weighted by atomic mass is 16.5. The molecule has 1 aromatic heterocycles. The summed E-state index contributed by atoms with van der Waals surface area (Å²) in [4.78, 5) is 18.4. The van der Waals surface area contributed by atoms with Crippen LogP contribution < -0.4 is 5.32 Å². The third-order valence-electron chi connectivity index (χ3n) is 4.40. The van der Waals surface area contributed by atoms with Crippen molar-refractivity contribution in [2.75, 3.05) is 32.8 Å². The summed E-state index contributed by atoms with van der Waals surface area (Å²) < 4.78 is 7.74. The van der Waals surface area contributed by atoms with Crippen molar-refractivity contribution in [1.29, 1.82) is 0 Å². The van der Waals surface area contributed by atoms with Crippen LogP contribution in [0.5, 0.6) is 0 Å². The van der Waals surface area contributed by atoms with Crippen molar-refractivity contribution in [3.8, 4) is 0 Å². The van der Waals surface area contributed by atoms with Crippen LogP contribution in [0, 0.1) is 5.92 Å². The van der Waals surface area contributed by atoms with Crippen molar-refractivity contribution in [2.24, 2.45) is 5.92 Å². The number of hydrogen-bond acceptors (Lipinski definition) is 4. The van der Waals surface area contributed by atoms with E-state index in [-0.39, 0.29) is 12.0 Å². The Balaban J connectivity index is 1.41. The van der Waals surface area contributed by atoms with E-state index in [1.807, 2.05) is 23.6 Å². The quantitative estimate of drug-likeness (QED) is 0.878. The second-order valence-electron chi connectivity index (χ2n) is 5.98. The number of likely N-dealkylation sites (tertiary alicyclic amines) is 1. The molecule has 0 radical (unpaired) electrons. The molecular weight excluding hydrogens is 268 g/mol. The maximum absolute atomic E-state index is 12.3. The molecule has 0 aromatic carbocycles. The number of carbonyl (C=O) groups excluding carboxylic acids is 1. The van der Waals surface area contributed by atoms with Crippen LogP contribution in [-0.2, 0) is 16.1 Å². The molecule has 2 aliphatic rings. The van der Waals surface area contributed by atoms with Crippen LogP contribution >= 0.6 is 0 Å². The molecule has 0 unspecified atom stereocenters. The average molecular weight is 292 g/mol. The first-order valence-electron chi connectivity index (χ1n) is 7.87. The number of morpholine rings is 1. The van der Waals surface area contributed by atoms with Gasteiger partial charge in [0.1, 0.15) is 0 Å². The molecule has 116 valence electrons. The minimum atomic E-state index is 0.0509. The average Bonchev–Trinajstić information content (AvgIpc) is 3.02. The first kappa shape index (κ1) is 14.5. The van der Waals surface area contributed by atoms with Crippen LogP contribution in [0.3, 0.4) is 0 Å². The van der Waals surface area contributed by atoms with Crippen LogP contribution in [0.25, 0.3) is 0 Å². The summed E-state index contributed by atoms with van der Waals surface area (Å²) in [5, 5.41) is 3.27. The molecule has 21 heavy (non-hydrogen) atoms. The summed E-state index contributed by atoms with van der Waals surface area (Å²) in [6.45, 7) is 5.16. The van der Waals surface area contributed by atoms with E-state index in [9.17, 15) is 4.79 Å². The number of nitrogens with zero attached hydrogens (tertiary/aromatic N) is 3. The highest BCUT2D eigenvalue weighted by Crippen LogP contribution is 2.20. The molecule has 0 bridgehead atoms. The van der Waals surface area contributed by atoms with E-state index in [1.54, 1.807) is 0 Å². The lowest BCUT2D eigenvalue weighted by atomic mass is 9.96. The van der Waals surface area contributed by atoms with Gasteiger partial charge in [0.2, 0.25) is 5.91 Å². The van der Waals surface area contributed by atoms with Crippen LogP contribution in [0.4, 0.5) is 0 Å². The topological polar surface area (TPSA) is 59.4 Å². The van der Waals surface area contributed by atoms with E-state index in [4.69, 9.17) is 4.74 Å². The Bertz CT molecular complexity index is 435. The third-order valence-corrected chi connectivity index (χ3v) is 4.40. The van der Waals surface area contributed by atoms with Crippen molar-refractivity contribution >= 4 is 5.91 Å². The van der Waals surface area contributed by atoms with Gasteiger partial charge in [-0.3, -0.25) is 4.79 Å². The van der Waals surface area contributed by atoms with Gasteiger partial charge in [-0.05, 0) is 18.8 Å². The Morgan fingerprint density at radius 1 is 1.38 bits per heavy atom. The highest BCUT2D eigenvalue weighted by Gasteiger charge is 2.25. The van der Waals surface area contributed by atoms with Gasteiger partial charge in [0.15, 0.2) is 0 Å². The summed E-state index contributed by atoms with van der Waals surface area (Å²) in [5.74, 6) is 0.889. The van der Waals surface area contributed by atoms with Crippen molar-refractivity contribution < 1.29 is 9.53 Å². The van der Waals surface area contributed by atoms with Crippen LogP contribution in [0.15, 0.2) is 18.7 Å². The smallest absolute Gasteiger partial charge is 0.225 e. The molecule has 0 aliphatic carbocycles. The van der Waals surface area contributed by atoms with Gasteiger partial charge < -0.3 is 19.5 Å². The fourth-order valence-corrected chi connectivity index (χ4v) is 3.13. The van der Waals surface area contributed by atoms with E-state index in [2.05, 4.69) is 14.9 Å². The lowest BCUT2D eigenvalue weighted by Gasteiger charge is -2.33. The van der Waals surface area contributed by atoms with Crippen molar-refractivity contribution in [1.82, 2.24) is 19.8 Å². The maximum Gasteiger partial charge on any atom is 0.225 e. The molecule has 6 nitrogen and oxygen atoms in total. The maximum atomic E-state index is 12.3. The van der Waals surface area contributed by atoms with E-state index in [0.29, 0.717) is 18.9 Å². The van der Waals surface area contributed by atoms with E-state index >= 15 is 0 Å². The molecule has 1 N–H and O–H groups in total. The molecular formula is C15H24N4O2. The molecule has 3 rings (SSSR count). The zero-order chi connectivity index (χ0) is 14.5. The Kier molecular flexibility index (Phi) is 4.87. The molecule has 1 amide bonds. The number of carbonyl (C=O) groups is 1. The molecule has 0 spiro atoms. The van der Waals surface area contributed by atoms with Crippen LogP contribution in [-0.4, -0.2) is 59.2 Å². The predicted octanol–water partition coefficient (Wildman–Crippen LogP) is 0.500. The molecule has 3 heterocycles. The number of hydrogen-bond donors (Lipinski definition) is 1. The second kappa shape index (κ2) is 7.04. The molecule has 2 saturated heterocycles. The molecule has 1 aromatic rings. The molecule has 6 heteroatoms. The Labute approximate surface area is 125 Å². The fourth-order valence-electron chi connectivity index (χ4n) is 3.13. The first-order chi connectivity index (χ1) is 10.3. The summed E-state index contributed by atoms with van der Waals surface area (Å²) in [7, 11) is 0. The largest absolute Gasteiger partial charge is 0.375 e. The second-order valence-corrected chi connectivity index (χ2v) is 5.98. The Hall–Kier alpha value is -1.40. The van der Waals surface area contributed by atoms with Gasteiger partial charge in [0.25, 0.3) is 0 Å². The van der Waals surface area contributed by atoms with Gasteiger partial charge in [-0.1, -0.05) is 0 Å². The number of rotatable bonds is 4. The summed E-state index contributed by atoms with van der Waals surface area (Å²) in [5.41, 5.74) is 0. The summed E-state index contributed by atoms with van der Waals surface area (Å²) in [6.07, 6.45) is 8.41. The lowest BCUT2D eigenvalue weighted by molar-refractivity contribution is -0.136. The van der Waals surface area contributed by atoms with Gasteiger partial charge in [-0.2, -0.15) is 0 Å². The van der Waals surface area contributed by atoms with Crippen molar-refractivity contribution in [3.63, 3.8) is 0 Å².